The van der Waals surface area contributed by atoms with Crippen molar-refractivity contribution in [2.45, 2.75) is 18.2 Å². The van der Waals surface area contributed by atoms with E-state index in [0.717, 1.165) is 35.2 Å². The van der Waals surface area contributed by atoms with Crippen molar-refractivity contribution in [1.29, 1.82) is 0 Å². The van der Waals surface area contributed by atoms with Gasteiger partial charge in [0.2, 0.25) is 5.91 Å². The molecule has 162 valence electrons. The smallest absolute Gasteiger partial charge is 0.223 e. The number of anilines is 1. The summed E-state index contributed by atoms with van der Waals surface area (Å²) in [6.07, 6.45) is 1.77. The van der Waals surface area contributed by atoms with Gasteiger partial charge in [-0.05, 0) is 54.1 Å². The number of sulfone groups is 1. The van der Waals surface area contributed by atoms with Gasteiger partial charge in [0.25, 0.3) is 0 Å². The van der Waals surface area contributed by atoms with Crippen molar-refractivity contribution in [1.82, 2.24) is 9.88 Å². The van der Waals surface area contributed by atoms with Crippen LogP contribution in [0.1, 0.15) is 12.1 Å². The lowest BCUT2D eigenvalue weighted by molar-refractivity contribution is -0.131. The van der Waals surface area contributed by atoms with Crippen LogP contribution < -0.4 is 4.90 Å². The lowest BCUT2D eigenvalue weighted by Gasteiger charge is -2.36. The predicted molar refractivity (Wildman–Crippen MR) is 123 cm³/mol. The molecule has 1 aliphatic rings. The maximum Gasteiger partial charge on any atom is 0.223 e. The number of aromatic nitrogens is 1. The summed E-state index contributed by atoms with van der Waals surface area (Å²) in [5, 5.41) is 2.29. The minimum atomic E-state index is -3.55. The molecular weight excluding hydrogens is 434 g/mol. The van der Waals surface area contributed by atoms with Gasteiger partial charge >= 0.3 is 0 Å². The third kappa shape index (κ3) is 4.99. The maximum absolute atomic E-state index is 12.8. The molecule has 0 unspecified atom stereocenters. The van der Waals surface area contributed by atoms with Crippen molar-refractivity contribution >= 4 is 43.8 Å². The van der Waals surface area contributed by atoms with Crippen LogP contribution in [0.4, 0.5) is 5.69 Å². The minimum absolute atomic E-state index is 0.0185. The van der Waals surface area contributed by atoms with Gasteiger partial charge in [0.1, 0.15) is 0 Å². The number of carbonyl (C=O) groups excluding carboxylic acids is 1. The van der Waals surface area contributed by atoms with Crippen LogP contribution in [0, 0.1) is 6.92 Å². The number of aryl methyl sites for hydroxylation is 1. The number of hydrogen-bond donors (Lipinski definition) is 0. The molecule has 4 rings (SSSR count). The Morgan fingerprint density at radius 2 is 1.71 bits per heavy atom. The van der Waals surface area contributed by atoms with E-state index in [1.54, 1.807) is 47.5 Å². The Bertz CT molecular complexity index is 1220. The van der Waals surface area contributed by atoms with Crippen LogP contribution in [0.5, 0.6) is 0 Å². The van der Waals surface area contributed by atoms with E-state index in [0.29, 0.717) is 18.1 Å². The Hall–Kier alpha value is -2.64. The van der Waals surface area contributed by atoms with Crippen molar-refractivity contribution < 1.29 is 13.2 Å². The molecule has 2 heterocycles. The summed E-state index contributed by atoms with van der Waals surface area (Å²) in [4.78, 5) is 21.1. The highest BCUT2D eigenvalue weighted by Crippen LogP contribution is 2.24. The molecule has 3 aromatic rings. The SMILES string of the molecule is Cc1cc(N2CCN(C(=O)CCS(=O)(=O)c3ccc4cc(Cl)ccc4c3)CC2)ccn1. The zero-order chi connectivity index (χ0) is 22.0. The molecule has 1 aliphatic heterocycles. The number of piperazine rings is 1. The normalized spacial score (nSPS) is 14.8. The fourth-order valence-electron chi connectivity index (χ4n) is 3.83. The molecule has 6 nitrogen and oxygen atoms in total. The van der Waals surface area contributed by atoms with Crippen molar-refractivity contribution in [2.24, 2.45) is 0 Å². The van der Waals surface area contributed by atoms with Gasteiger partial charge in [-0.2, -0.15) is 0 Å². The topological polar surface area (TPSA) is 70.6 Å². The van der Waals surface area contributed by atoms with Gasteiger partial charge in [-0.1, -0.05) is 23.7 Å². The average Bonchev–Trinajstić information content (AvgIpc) is 2.77. The molecule has 1 fully saturated rings. The van der Waals surface area contributed by atoms with E-state index >= 15 is 0 Å². The van der Waals surface area contributed by atoms with Crippen molar-refractivity contribution in [3.63, 3.8) is 0 Å². The second kappa shape index (κ2) is 8.85. The van der Waals surface area contributed by atoms with Crippen molar-refractivity contribution in [3.05, 3.63) is 65.4 Å². The second-order valence-corrected chi connectivity index (χ2v) is 10.3. The third-order valence-electron chi connectivity index (χ3n) is 5.60. The van der Waals surface area contributed by atoms with Crippen molar-refractivity contribution in [3.8, 4) is 0 Å². The largest absolute Gasteiger partial charge is 0.368 e. The number of halogens is 1. The van der Waals surface area contributed by atoms with E-state index in [4.69, 9.17) is 11.6 Å². The first-order chi connectivity index (χ1) is 14.8. The highest BCUT2D eigenvalue weighted by molar-refractivity contribution is 7.91. The van der Waals surface area contributed by atoms with E-state index < -0.39 is 9.84 Å². The number of pyridine rings is 1. The molecular formula is C23H24ClN3O3S. The zero-order valence-electron chi connectivity index (χ0n) is 17.3. The molecule has 0 bridgehead atoms. The number of amides is 1. The average molecular weight is 458 g/mol. The molecule has 0 atom stereocenters. The Balaban J connectivity index is 1.35. The van der Waals surface area contributed by atoms with Gasteiger partial charge in [0.05, 0.1) is 10.6 Å². The van der Waals surface area contributed by atoms with E-state index in [1.165, 1.54) is 0 Å². The molecule has 8 heteroatoms. The Morgan fingerprint density at radius 3 is 2.45 bits per heavy atom. The van der Waals surface area contributed by atoms with E-state index in [9.17, 15) is 13.2 Å². The maximum atomic E-state index is 12.8. The molecule has 31 heavy (non-hydrogen) atoms. The predicted octanol–water partition coefficient (Wildman–Crippen LogP) is 3.71. The fourth-order valence-corrected chi connectivity index (χ4v) is 5.27. The number of rotatable bonds is 5. The number of fused-ring (bicyclic) bond motifs is 1. The summed E-state index contributed by atoms with van der Waals surface area (Å²) < 4.78 is 25.6. The van der Waals surface area contributed by atoms with Crippen LogP contribution in [0.2, 0.25) is 5.02 Å². The summed E-state index contributed by atoms with van der Waals surface area (Å²) in [5.41, 5.74) is 2.05. The van der Waals surface area contributed by atoms with E-state index in [2.05, 4.69) is 9.88 Å². The highest BCUT2D eigenvalue weighted by Gasteiger charge is 2.24. The van der Waals surface area contributed by atoms with Crippen molar-refractivity contribution in [2.75, 3.05) is 36.8 Å². The molecule has 0 spiro atoms. The molecule has 0 N–H and O–H groups in total. The van der Waals surface area contributed by atoms with Crippen LogP contribution in [0.15, 0.2) is 59.6 Å². The standard InChI is InChI=1S/C23H24ClN3O3S/c1-17-14-21(6-8-25-17)26-9-11-27(12-10-26)23(28)7-13-31(29,30)22-5-3-18-15-20(24)4-2-19(18)16-22/h2-6,8,14-16H,7,9-13H2,1H3. The summed E-state index contributed by atoms with van der Waals surface area (Å²) in [6.45, 7) is 4.55. The number of carbonyl (C=O) groups is 1. The first-order valence-electron chi connectivity index (χ1n) is 10.2. The van der Waals surface area contributed by atoms with Gasteiger partial charge in [-0.3, -0.25) is 9.78 Å². The number of hydrogen-bond acceptors (Lipinski definition) is 5. The summed E-state index contributed by atoms with van der Waals surface area (Å²) >= 11 is 5.99. The summed E-state index contributed by atoms with van der Waals surface area (Å²) in [5.74, 6) is -0.323. The highest BCUT2D eigenvalue weighted by atomic mass is 35.5. The first kappa shape index (κ1) is 21.6. The second-order valence-electron chi connectivity index (χ2n) is 7.75. The van der Waals surface area contributed by atoms with Crippen LogP contribution in [-0.4, -0.2) is 56.1 Å². The third-order valence-corrected chi connectivity index (χ3v) is 7.54. The fraction of sp³-hybridized carbons (Fsp3) is 0.304. The van der Waals surface area contributed by atoms with Gasteiger partial charge in [-0.25, -0.2) is 8.42 Å². The molecule has 1 saturated heterocycles. The number of benzene rings is 2. The van der Waals surface area contributed by atoms with Crippen LogP contribution in [-0.2, 0) is 14.6 Å². The summed E-state index contributed by atoms with van der Waals surface area (Å²) in [6, 6.07) is 14.3. The lowest BCUT2D eigenvalue weighted by atomic mass is 10.1. The Morgan fingerprint density at radius 1 is 1.00 bits per heavy atom. The van der Waals surface area contributed by atoms with Crippen LogP contribution >= 0.6 is 11.6 Å². The van der Waals surface area contributed by atoms with Gasteiger partial charge in [0, 0.05) is 55.2 Å². The minimum Gasteiger partial charge on any atom is -0.368 e. The lowest BCUT2D eigenvalue weighted by Crippen LogP contribution is -2.49. The molecule has 0 saturated carbocycles. The molecule has 2 aromatic carbocycles. The van der Waals surface area contributed by atoms with E-state index in [-0.39, 0.29) is 23.0 Å². The molecule has 1 amide bonds. The van der Waals surface area contributed by atoms with E-state index in [1.807, 2.05) is 19.1 Å². The molecule has 0 radical (unpaired) electrons. The Kier molecular flexibility index (Phi) is 6.16. The van der Waals surface area contributed by atoms with Gasteiger partial charge < -0.3 is 9.80 Å². The van der Waals surface area contributed by atoms with Crippen LogP contribution in [0.25, 0.3) is 10.8 Å². The van der Waals surface area contributed by atoms with Gasteiger partial charge in [0.15, 0.2) is 9.84 Å². The quantitative estimate of drug-likeness (QED) is 0.584. The van der Waals surface area contributed by atoms with Gasteiger partial charge in [-0.15, -0.1) is 0 Å². The summed E-state index contributed by atoms with van der Waals surface area (Å²) in [7, 11) is -3.55. The first-order valence-corrected chi connectivity index (χ1v) is 12.2. The molecule has 0 aliphatic carbocycles. The number of nitrogens with zero attached hydrogens (tertiary/aromatic N) is 3. The monoisotopic (exact) mass is 457 g/mol. The molecule has 1 aromatic heterocycles. The van der Waals surface area contributed by atoms with Crippen LogP contribution in [0.3, 0.4) is 0 Å². The Labute approximate surface area is 187 Å². The zero-order valence-corrected chi connectivity index (χ0v) is 18.9.